The third kappa shape index (κ3) is 2.93. The maximum absolute atomic E-state index is 12.1. The molecule has 1 fully saturated rings. The molecule has 5 nitrogen and oxygen atoms in total. The Balaban J connectivity index is 2.04. The van der Waals surface area contributed by atoms with Crippen LogP contribution < -0.4 is 5.32 Å². The van der Waals surface area contributed by atoms with E-state index in [2.05, 4.69) is 5.32 Å². The first-order valence-electron chi connectivity index (χ1n) is 6.43. The molecule has 0 bridgehead atoms. The van der Waals surface area contributed by atoms with Gasteiger partial charge in [0.25, 0.3) is 0 Å². The van der Waals surface area contributed by atoms with Gasteiger partial charge in [-0.3, -0.25) is 9.59 Å². The molecule has 1 saturated heterocycles. The van der Waals surface area contributed by atoms with Gasteiger partial charge in [0.2, 0.25) is 11.8 Å². The number of rotatable bonds is 4. The lowest BCUT2D eigenvalue weighted by Crippen LogP contribution is -2.28. The number of anilines is 1. The van der Waals surface area contributed by atoms with Crippen molar-refractivity contribution in [1.29, 1.82) is 0 Å². The topological polar surface area (TPSA) is 69.6 Å². The van der Waals surface area contributed by atoms with E-state index in [-0.39, 0.29) is 30.8 Å². The minimum absolute atomic E-state index is 0.0260. The number of carbonyl (C=O) groups is 2. The van der Waals surface area contributed by atoms with Crippen molar-refractivity contribution < 1.29 is 14.7 Å². The highest BCUT2D eigenvalue weighted by atomic mass is 16.3. The summed E-state index contributed by atoms with van der Waals surface area (Å²) in [6.45, 7) is 2.89. The van der Waals surface area contributed by atoms with E-state index in [9.17, 15) is 14.7 Å². The van der Waals surface area contributed by atoms with Crippen molar-refractivity contribution in [1.82, 2.24) is 4.90 Å². The number of amides is 2. The fourth-order valence-corrected chi connectivity index (χ4v) is 2.27. The molecule has 2 N–H and O–H groups in total. The van der Waals surface area contributed by atoms with Gasteiger partial charge in [0.05, 0.1) is 12.5 Å². The number of hydrogen-bond acceptors (Lipinski definition) is 3. The summed E-state index contributed by atoms with van der Waals surface area (Å²) in [4.78, 5) is 25.4. The molecule has 0 saturated carbocycles. The van der Waals surface area contributed by atoms with Crippen LogP contribution in [0.4, 0.5) is 5.69 Å². The lowest BCUT2D eigenvalue weighted by molar-refractivity contribution is -0.128. The Morgan fingerprint density at radius 3 is 2.84 bits per heavy atom. The van der Waals surface area contributed by atoms with E-state index in [4.69, 9.17) is 0 Å². The van der Waals surface area contributed by atoms with Crippen LogP contribution in [0.1, 0.15) is 18.9 Å². The molecule has 1 aromatic rings. The highest BCUT2D eigenvalue weighted by molar-refractivity contribution is 5.97. The summed E-state index contributed by atoms with van der Waals surface area (Å²) in [5.41, 5.74) is 1.28. The Morgan fingerprint density at radius 2 is 2.21 bits per heavy atom. The number of likely N-dealkylation sites (tertiary alicyclic amines) is 1. The van der Waals surface area contributed by atoms with Crippen LogP contribution in [0.5, 0.6) is 0 Å². The molecule has 102 valence electrons. The number of aliphatic hydroxyl groups excluding tert-OH is 1. The molecule has 0 radical (unpaired) electrons. The van der Waals surface area contributed by atoms with Crippen molar-refractivity contribution in [3.63, 3.8) is 0 Å². The van der Waals surface area contributed by atoms with Gasteiger partial charge in [0.1, 0.15) is 0 Å². The van der Waals surface area contributed by atoms with E-state index in [0.29, 0.717) is 24.3 Å². The number of carbonyl (C=O) groups excluding carboxylic acids is 2. The summed E-state index contributed by atoms with van der Waals surface area (Å²) in [6, 6.07) is 7.11. The quantitative estimate of drug-likeness (QED) is 0.850. The molecule has 0 aliphatic carbocycles. The van der Waals surface area contributed by atoms with E-state index < -0.39 is 0 Å². The second-order valence-corrected chi connectivity index (χ2v) is 4.64. The van der Waals surface area contributed by atoms with E-state index in [1.807, 2.05) is 6.92 Å². The number of aliphatic hydroxyl groups is 1. The standard InChI is InChI=1S/C14H18N2O3/c1-2-16-8-11(7-13(16)18)14(19)15-12-6-4-3-5-10(12)9-17/h3-6,11,17H,2,7-9H2,1H3,(H,15,19). The van der Waals surface area contributed by atoms with Gasteiger partial charge in [0, 0.05) is 30.8 Å². The summed E-state index contributed by atoms with van der Waals surface area (Å²) in [5.74, 6) is -0.442. The molecule has 0 spiro atoms. The van der Waals surface area contributed by atoms with E-state index >= 15 is 0 Å². The van der Waals surface area contributed by atoms with Crippen LogP contribution in [0.15, 0.2) is 24.3 Å². The third-order valence-electron chi connectivity index (χ3n) is 3.41. The lowest BCUT2D eigenvalue weighted by atomic mass is 10.1. The van der Waals surface area contributed by atoms with Crippen molar-refractivity contribution in [2.24, 2.45) is 5.92 Å². The maximum atomic E-state index is 12.1. The van der Waals surface area contributed by atoms with Crippen LogP contribution in [-0.4, -0.2) is 34.9 Å². The minimum Gasteiger partial charge on any atom is -0.392 e. The Morgan fingerprint density at radius 1 is 1.47 bits per heavy atom. The lowest BCUT2D eigenvalue weighted by Gasteiger charge is -2.14. The van der Waals surface area contributed by atoms with Gasteiger partial charge < -0.3 is 15.3 Å². The molecule has 2 amide bonds. The van der Waals surface area contributed by atoms with Crippen molar-refractivity contribution in [2.45, 2.75) is 20.0 Å². The summed E-state index contributed by atoms with van der Waals surface area (Å²) < 4.78 is 0. The Kier molecular flexibility index (Phi) is 4.16. The SMILES string of the molecule is CCN1CC(C(=O)Nc2ccccc2CO)CC1=O. The molecule has 1 atom stereocenters. The van der Waals surface area contributed by atoms with E-state index in [1.165, 1.54) is 0 Å². The molecule has 1 aliphatic rings. The van der Waals surface area contributed by atoms with Gasteiger partial charge in [0.15, 0.2) is 0 Å². The average Bonchev–Trinajstić information content (AvgIpc) is 2.80. The predicted octanol–water partition coefficient (Wildman–Crippen LogP) is 0.986. The molecular formula is C14H18N2O3. The summed E-state index contributed by atoms with van der Waals surface area (Å²) in [6.07, 6.45) is 0.265. The Labute approximate surface area is 112 Å². The van der Waals surface area contributed by atoms with Crippen molar-refractivity contribution in [3.05, 3.63) is 29.8 Å². The normalized spacial score (nSPS) is 18.7. The van der Waals surface area contributed by atoms with Crippen LogP contribution in [-0.2, 0) is 16.2 Å². The minimum atomic E-state index is -0.306. The van der Waals surface area contributed by atoms with Crippen molar-refractivity contribution in [2.75, 3.05) is 18.4 Å². The Bertz CT molecular complexity index is 487. The van der Waals surface area contributed by atoms with Gasteiger partial charge in [-0.1, -0.05) is 18.2 Å². The summed E-state index contributed by atoms with van der Waals surface area (Å²) in [7, 11) is 0. The van der Waals surface area contributed by atoms with Gasteiger partial charge in [-0.15, -0.1) is 0 Å². The molecule has 2 rings (SSSR count). The zero-order valence-electron chi connectivity index (χ0n) is 10.9. The number of hydrogen-bond donors (Lipinski definition) is 2. The predicted molar refractivity (Wildman–Crippen MR) is 71.4 cm³/mol. The second-order valence-electron chi connectivity index (χ2n) is 4.64. The van der Waals surface area contributed by atoms with Crippen LogP contribution in [0, 0.1) is 5.92 Å². The van der Waals surface area contributed by atoms with E-state index in [0.717, 1.165) is 0 Å². The molecular weight excluding hydrogens is 244 g/mol. The van der Waals surface area contributed by atoms with Crippen molar-refractivity contribution >= 4 is 17.5 Å². The first-order chi connectivity index (χ1) is 9.15. The fourth-order valence-electron chi connectivity index (χ4n) is 2.27. The highest BCUT2D eigenvalue weighted by Gasteiger charge is 2.33. The van der Waals surface area contributed by atoms with E-state index in [1.54, 1.807) is 29.2 Å². The third-order valence-corrected chi connectivity index (χ3v) is 3.41. The summed E-state index contributed by atoms with van der Waals surface area (Å²) in [5, 5.41) is 12.0. The van der Waals surface area contributed by atoms with Gasteiger partial charge >= 0.3 is 0 Å². The maximum Gasteiger partial charge on any atom is 0.229 e. The highest BCUT2D eigenvalue weighted by Crippen LogP contribution is 2.21. The smallest absolute Gasteiger partial charge is 0.229 e. The molecule has 19 heavy (non-hydrogen) atoms. The van der Waals surface area contributed by atoms with Gasteiger partial charge in [-0.25, -0.2) is 0 Å². The molecule has 1 aliphatic heterocycles. The zero-order valence-corrected chi connectivity index (χ0v) is 10.9. The second kappa shape index (κ2) is 5.84. The summed E-state index contributed by atoms with van der Waals surface area (Å²) >= 11 is 0. The van der Waals surface area contributed by atoms with Crippen LogP contribution >= 0.6 is 0 Å². The Hall–Kier alpha value is -1.88. The molecule has 1 heterocycles. The largest absolute Gasteiger partial charge is 0.392 e. The average molecular weight is 262 g/mol. The zero-order chi connectivity index (χ0) is 13.8. The first kappa shape index (κ1) is 13.5. The van der Waals surface area contributed by atoms with Crippen LogP contribution in [0.2, 0.25) is 0 Å². The number of para-hydroxylation sites is 1. The fraction of sp³-hybridized carbons (Fsp3) is 0.429. The molecule has 1 aromatic carbocycles. The van der Waals surface area contributed by atoms with Crippen LogP contribution in [0.25, 0.3) is 0 Å². The molecule has 1 unspecified atom stereocenters. The first-order valence-corrected chi connectivity index (χ1v) is 6.43. The van der Waals surface area contributed by atoms with Gasteiger partial charge in [-0.2, -0.15) is 0 Å². The molecule has 5 heteroatoms. The number of benzene rings is 1. The number of nitrogens with zero attached hydrogens (tertiary/aromatic N) is 1. The monoisotopic (exact) mass is 262 g/mol. The molecule has 0 aromatic heterocycles. The van der Waals surface area contributed by atoms with Crippen LogP contribution in [0.3, 0.4) is 0 Å². The van der Waals surface area contributed by atoms with Gasteiger partial charge in [-0.05, 0) is 13.0 Å². The van der Waals surface area contributed by atoms with Crippen molar-refractivity contribution in [3.8, 4) is 0 Å². The number of nitrogens with one attached hydrogen (secondary N) is 1.